The summed E-state index contributed by atoms with van der Waals surface area (Å²) in [6, 6.07) is -2.22. The summed E-state index contributed by atoms with van der Waals surface area (Å²) in [6.45, 7) is 4.87. The van der Waals surface area contributed by atoms with Gasteiger partial charge in [0.2, 0.25) is 17.7 Å². The zero-order valence-electron chi connectivity index (χ0n) is 23.6. The van der Waals surface area contributed by atoms with Crippen LogP contribution in [0.5, 0.6) is 0 Å². The predicted octanol–water partition coefficient (Wildman–Crippen LogP) is 1.66. The van der Waals surface area contributed by atoms with E-state index >= 15 is 0 Å². The van der Waals surface area contributed by atoms with Crippen molar-refractivity contribution in [2.45, 2.75) is 89.6 Å². The van der Waals surface area contributed by atoms with Crippen molar-refractivity contribution in [1.82, 2.24) is 20.9 Å². The van der Waals surface area contributed by atoms with Gasteiger partial charge in [-0.3, -0.25) is 19.2 Å². The summed E-state index contributed by atoms with van der Waals surface area (Å²) < 4.78 is 40.7. The summed E-state index contributed by atoms with van der Waals surface area (Å²) in [7, 11) is 0. The summed E-state index contributed by atoms with van der Waals surface area (Å²) in [4.78, 5) is 53.9. The van der Waals surface area contributed by atoms with E-state index in [0.717, 1.165) is 19.3 Å². The molecule has 4 amide bonds. The molecule has 7 fully saturated rings. The van der Waals surface area contributed by atoms with Crippen LogP contribution in [0.2, 0.25) is 0 Å². The van der Waals surface area contributed by atoms with Crippen LogP contribution in [0.25, 0.3) is 0 Å². The Morgan fingerprint density at radius 1 is 1.12 bits per heavy atom. The number of nitrogens with zero attached hydrogens (tertiary/aromatic N) is 1. The maximum Gasteiger partial charge on any atom is 0.471 e. The monoisotopic (exact) mass is 579 g/mol. The smallest absolute Gasteiger partial charge is 0.356 e. The Balaban J connectivity index is 1.16. The lowest BCUT2D eigenvalue weighted by Gasteiger charge is -2.50. The number of fused-ring (bicyclic) bond motifs is 3. The second-order valence-corrected chi connectivity index (χ2v) is 15.0. The second kappa shape index (κ2) is 8.60. The number of hydrogen-bond acceptors (Lipinski definition) is 5. The molecule has 226 valence electrons. The molecule has 2 saturated heterocycles. The lowest BCUT2D eigenvalue weighted by molar-refractivity contribution is -0.177. The minimum atomic E-state index is -5.12. The molecule has 0 radical (unpaired) electrons. The molecule has 5 N–H and O–H groups in total. The van der Waals surface area contributed by atoms with Gasteiger partial charge >= 0.3 is 12.1 Å². The standard InChI is InChI=1S/C29H40F3N5O4/c1-26(2)17-11-37(20(19(17)26)23(39)35-18(33)6-14-3-4-34-22(14)38)24(40)21(36-25(41)29(30,31)32)27-8-13-5-15-7-16(10-27)28(15,9-13)12-27/h13-21H,3-12,33H2,1-2H3,(H,34,38)(H,35,39)(H,36,41)/t13?,14-,15?,16?,17-,18-,19-,20-,21?,27?,28?/m0/s1. The lowest BCUT2D eigenvalue weighted by atomic mass is 9.55. The molecule has 11 atom stereocenters. The number of alkyl halides is 3. The van der Waals surface area contributed by atoms with Gasteiger partial charge in [0.1, 0.15) is 12.1 Å². The van der Waals surface area contributed by atoms with E-state index in [2.05, 4.69) is 16.0 Å². The van der Waals surface area contributed by atoms with Crippen molar-refractivity contribution in [1.29, 1.82) is 0 Å². The summed E-state index contributed by atoms with van der Waals surface area (Å²) in [6.07, 6.45) is 0.0821. The Bertz CT molecular complexity index is 1210. The number of likely N-dealkylation sites (tertiary alicyclic amines) is 1. The first-order valence-electron chi connectivity index (χ1n) is 15.2. The Labute approximate surface area is 237 Å². The van der Waals surface area contributed by atoms with E-state index in [1.165, 1.54) is 4.90 Å². The van der Waals surface area contributed by atoms with Gasteiger partial charge in [0.25, 0.3) is 0 Å². The zero-order chi connectivity index (χ0) is 29.3. The molecular formula is C29H40F3N5O4. The summed E-state index contributed by atoms with van der Waals surface area (Å²) in [5.74, 6) is -2.36. The van der Waals surface area contributed by atoms with Crippen LogP contribution in [-0.2, 0) is 19.2 Å². The van der Waals surface area contributed by atoms with Crippen LogP contribution in [0.4, 0.5) is 13.2 Å². The third-order valence-corrected chi connectivity index (χ3v) is 12.7. The number of nitrogens with one attached hydrogen (secondary N) is 3. The maximum atomic E-state index is 14.4. The molecule has 9 nitrogen and oxygen atoms in total. The fourth-order valence-electron chi connectivity index (χ4n) is 10.9. The molecule has 1 spiro atoms. The largest absolute Gasteiger partial charge is 0.471 e. The van der Waals surface area contributed by atoms with Gasteiger partial charge in [-0.15, -0.1) is 0 Å². The summed E-state index contributed by atoms with van der Waals surface area (Å²) >= 11 is 0. The number of piperidine rings is 1. The highest BCUT2D eigenvalue weighted by molar-refractivity contribution is 5.95. The van der Waals surface area contributed by atoms with Crippen molar-refractivity contribution in [2.24, 2.45) is 57.5 Å². The van der Waals surface area contributed by atoms with E-state index < -0.39 is 47.6 Å². The first kappa shape index (κ1) is 27.5. The molecule has 0 aromatic carbocycles. The molecule has 0 aromatic heterocycles. The van der Waals surface area contributed by atoms with Gasteiger partial charge in [0, 0.05) is 24.4 Å². The van der Waals surface area contributed by atoms with Crippen molar-refractivity contribution < 1.29 is 32.3 Å². The summed E-state index contributed by atoms with van der Waals surface area (Å²) in [5.41, 5.74) is 5.38. The van der Waals surface area contributed by atoms with Crippen LogP contribution < -0.4 is 21.7 Å². The van der Waals surface area contributed by atoms with Crippen molar-refractivity contribution in [3.05, 3.63) is 0 Å². The topological polar surface area (TPSA) is 134 Å². The van der Waals surface area contributed by atoms with E-state index in [0.29, 0.717) is 50.0 Å². The van der Waals surface area contributed by atoms with Crippen LogP contribution in [0.1, 0.15) is 65.2 Å². The maximum absolute atomic E-state index is 14.4. The highest BCUT2D eigenvalue weighted by Gasteiger charge is 2.75. The minimum Gasteiger partial charge on any atom is -0.356 e. The van der Waals surface area contributed by atoms with Crippen LogP contribution in [0, 0.1) is 51.8 Å². The second-order valence-electron chi connectivity index (χ2n) is 15.0. The Morgan fingerprint density at radius 2 is 1.88 bits per heavy atom. The molecule has 2 heterocycles. The third-order valence-electron chi connectivity index (χ3n) is 12.7. The van der Waals surface area contributed by atoms with Gasteiger partial charge in [-0.05, 0) is 91.8 Å². The van der Waals surface area contributed by atoms with E-state index in [-0.39, 0.29) is 47.5 Å². The lowest BCUT2D eigenvalue weighted by Crippen LogP contribution is -2.63. The van der Waals surface area contributed by atoms with Gasteiger partial charge in [-0.25, -0.2) is 0 Å². The van der Waals surface area contributed by atoms with E-state index in [1.807, 2.05) is 13.8 Å². The van der Waals surface area contributed by atoms with Crippen molar-refractivity contribution in [2.75, 3.05) is 13.1 Å². The molecule has 6 unspecified atom stereocenters. The third kappa shape index (κ3) is 3.90. The SMILES string of the molecule is CC1(C)[C@@H]2[C@@H](C(=O)N[C@H](N)C[C@@H]3CCNC3=O)N(C(=O)C(NC(=O)C(F)(F)F)C34CC5CC6CC(C3)C6(C5)C4)C[C@@H]21. The average Bonchev–Trinajstić information content (AvgIpc) is 3.31. The van der Waals surface area contributed by atoms with E-state index in [1.54, 1.807) is 0 Å². The predicted molar refractivity (Wildman–Crippen MR) is 139 cm³/mol. The first-order chi connectivity index (χ1) is 19.2. The molecule has 41 heavy (non-hydrogen) atoms. The average molecular weight is 580 g/mol. The van der Waals surface area contributed by atoms with Crippen LogP contribution in [-0.4, -0.2) is 66.0 Å². The first-order valence-corrected chi connectivity index (χ1v) is 15.2. The summed E-state index contributed by atoms with van der Waals surface area (Å²) in [5, 5.41) is 7.73. The number of hydrogen-bond donors (Lipinski definition) is 4. The van der Waals surface area contributed by atoms with Crippen molar-refractivity contribution in [3.63, 3.8) is 0 Å². The number of amides is 4. The molecule has 2 aliphatic heterocycles. The van der Waals surface area contributed by atoms with E-state index in [9.17, 15) is 32.3 Å². The zero-order valence-corrected chi connectivity index (χ0v) is 23.6. The fraction of sp³-hybridized carbons (Fsp3) is 0.862. The van der Waals surface area contributed by atoms with Gasteiger partial charge < -0.3 is 26.6 Å². The number of halogens is 3. The highest BCUT2D eigenvalue weighted by atomic mass is 19.4. The quantitative estimate of drug-likeness (QED) is 0.341. The van der Waals surface area contributed by atoms with Gasteiger partial charge in [0.05, 0.1) is 6.17 Å². The van der Waals surface area contributed by atoms with Gasteiger partial charge in [-0.1, -0.05) is 13.8 Å². The molecular weight excluding hydrogens is 539 g/mol. The molecule has 0 aromatic rings. The molecule has 5 saturated carbocycles. The van der Waals surface area contributed by atoms with Crippen molar-refractivity contribution in [3.8, 4) is 0 Å². The number of nitrogens with two attached hydrogens (primary N) is 1. The minimum absolute atomic E-state index is 0.0285. The molecule has 7 rings (SSSR count). The van der Waals surface area contributed by atoms with Gasteiger partial charge in [-0.2, -0.15) is 13.2 Å². The number of carbonyl (C=O) groups is 4. The number of rotatable bonds is 7. The van der Waals surface area contributed by atoms with E-state index in [4.69, 9.17) is 5.73 Å². The van der Waals surface area contributed by atoms with Crippen LogP contribution >= 0.6 is 0 Å². The highest BCUT2D eigenvalue weighted by Crippen LogP contribution is 2.79. The Morgan fingerprint density at radius 3 is 2.56 bits per heavy atom. The molecule has 5 aliphatic carbocycles. The van der Waals surface area contributed by atoms with Crippen LogP contribution in [0.15, 0.2) is 0 Å². The Hall–Kier alpha value is -2.37. The fourth-order valence-corrected chi connectivity index (χ4v) is 10.9. The van der Waals surface area contributed by atoms with Gasteiger partial charge in [0.15, 0.2) is 0 Å². The normalized spacial score (nSPS) is 44.0. The molecule has 7 aliphatic rings. The molecule has 12 heteroatoms. The van der Waals surface area contributed by atoms with Crippen LogP contribution in [0.3, 0.4) is 0 Å². The molecule has 3 bridgehead atoms. The Kier molecular flexibility index (Phi) is 5.76. The number of carbonyl (C=O) groups excluding carboxylic acids is 4. The van der Waals surface area contributed by atoms with Crippen molar-refractivity contribution >= 4 is 23.6 Å².